The number of rotatable bonds is 8. The average molecular weight is 187 g/mol. The third-order valence-corrected chi connectivity index (χ3v) is 1.89. The number of unbranched alkanes of at least 4 members (excludes halogenated alkanes) is 2. The van der Waals surface area contributed by atoms with Crippen molar-refractivity contribution >= 4 is 0 Å². The van der Waals surface area contributed by atoms with Crippen LogP contribution in [0.2, 0.25) is 0 Å². The van der Waals surface area contributed by atoms with E-state index in [1.54, 1.807) is 0 Å². The van der Waals surface area contributed by atoms with Gasteiger partial charge >= 0.3 is 0 Å². The van der Waals surface area contributed by atoms with Crippen molar-refractivity contribution in [3.63, 3.8) is 0 Å². The van der Waals surface area contributed by atoms with Crippen LogP contribution in [0.15, 0.2) is 0 Å². The Kier molecular flexibility index (Phi) is 8.46. The first-order valence-corrected chi connectivity index (χ1v) is 5.53. The molecule has 1 atom stereocenters. The maximum absolute atomic E-state index is 5.59. The molecule has 2 heteroatoms. The van der Waals surface area contributed by atoms with Crippen LogP contribution in [0.3, 0.4) is 0 Å². The molecule has 0 saturated heterocycles. The molecule has 0 aromatic heterocycles. The second kappa shape index (κ2) is 8.52. The largest absolute Gasteiger partial charge is 0.375 e. The molecule has 1 N–H and O–H groups in total. The van der Waals surface area contributed by atoms with Gasteiger partial charge in [0, 0.05) is 6.54 Å². The second-order valence-corrected chi connectivity index (χ2v) is 3.91. The molecule has 0 fully saturated rings. The van der Waals surface area contributed by atoms with E-state index in [4.69, 9.17) is 4.74 Å². The van der Waals surface area contributed by atoms with Gasteiger partial charge in [0.1, 0.15) is 0 Å². The smallest absolute Gasteiger partial charge is 0.0674 e. The lowest BCUT2D eigenvalue weighted by Crippen LogP contribution is -2.29. The van der Waals surface area contributed by atoms with Crippen LogP contribution in [0.5, 0.6) is 0 Å². The van der Waals surface area contributed by atoms with E-state index in [-0.39, 0.29) is 0 Å². The maximum Gasteiger partial charge on any atom is 0.0674 e. The first-order valence-electron chi connectivity index (χ1n) is 5.53. The SMILES string of the molecule is CCCCCNCC(C)OC(C)C. The van der Waals surface area contributed by atoms with Gasteiger partial charge in [0.15, 0.2) is 0 Å². The fourth-order valence-corrected chi connectivity index (χ4v) is 1.32. The number of ether oxygens (including phenoxy) is 1. The first-order chi connectivity index (χ1) is 6.16. The Labute approximate surface area is 83.1 Å². The van der Waals surface area contributed by atoms with Crippen LogP contribution in [0.4, 0.5) is 0 Å². The van der Waals surface area contributed by atoms with Crippen molar-refractivity contribution in [2.45, 2.75) is 59.2 Å². The summed E-state index contributed by atoms with van der Waals surface area (Å²) < 4.78 is 5.59. The molecule has 0 aromatic carbocycles. The molecule has 0 amide bonds. The molecule has 0 aliphatic rings. The topological polar surface area (TPSA) is 21.3 Å². The van der Waals surface area contributed by atoms with E-state index in [0.717, 1.165) is 13.1 Å². The third kappa shape index (κ3) is 9.84. The predicted octanol–water partition coefficient (Wildman–Crippen LogP) is 2.58. The van der Waals surface area contributed by atoms with E-state index in [0.29, 0.717) is 12.2 Å². The van der Waals surface area contributed by atoms with Crippen molar-refractivity contribution in [3.05, 3.63) is 0 Å². The molecule has 1 unspecified atom stereocenters. The number of nitrogens with one attached hydrogen (secondary N) is 1. The molecule has 0 radical (unpaired) electrons. The summed E-state index contributed by atoms with van der Waals surface area (Å²) in [7, 11) is 0. The third-order valence-electron chi connectivity index (χ3n) is 1.89. The minimum atomic E-state index is 0.335. The molecule has 0 spiro atoms. The van der Waals surface area contributed by atoms with Crippen LogP contribution < -0.4 is 5.32 Å². The van der Waals surface area contributed by atoms with Gasteiger partial charge in [0.05, 0.1) is 12.2 Å². The predicted molar refractivity (Wildman–Crippen MR) is 58.1 cm³/mol. The zero-order chi connectivity index (χ0) is 10.1. The van der Waals surface area contributed by atoms with Gasteiger partial charge in [0.2, 0.25) is 0 Å². The van der Waals surface area contributed by atoms with E-state index in [2.05, 4.69) is 33.0 Å². The molecule has 2 nitrogen and oxygen atoms in total. The summed E-state index contributed by atoms with van der Waals surface area (Å²) in [5.74, 6) is 0. The van der Waals surface area contributed by atoms with Crippen LogP contribution in [0.1, 0.15) is 47.0 Å². The zero-order valence-corrected chi connectivity index (χ0v) is 9.60. The van der Waals surface area contributed by atoms with Crippen LogP contribution in [0, 0.1) is 0 Å². The maximum atomic E-state index is 5.59. The Balaban J connectivity index is 3.12. The lowest BCUT2D eigenvalue weighted by atomic mass is 10.2. The van der Waals surface area contributed by atoms with Crippen molar-refractivity contribution in [2.75, 3.05) is 13.1 Å². The zero-order valence-electron chi connectivity index (χ0n) is 9.60. The molecule has 0 aliphatic heterocycles. The van der Waals surface area contributed by atoms with E-state index in [9.17, 15) is 0 Å². The van der Waals surface area contributed by atoms with E-state index < -0.39 is 0 Å². The van der Waals surface area contributed by atoms with Gasteiger partial charge < -0.3 is 10.1 Å². The van der Waals surface area contributed by atoms with Crippen molar-refractivity contribution in [2.24, 2.45) is 0 Å². The van der Waals surface area contributed by atoms with Crippen LogP contribution in [-0.4, -0.2) is 25.3 Å². The van der Waals surface area contributed by atoms with Crippen LogP contribution in [-0.2, 0) is 4.74 Å². The minimum absolute atomic E-state index is 0.335. The average Bonchev–Trinajstić information content (AvgIpc) is 2.02. The molecule has 80 valence electrons. The summed E-state index contributed by atoms with van der Waals surface area (Å²) in [5.41, 5.74) is 0. The van der Waals surface area contributed by atoms with Gasteiger partial charge in [-0.3, -0.25) is 0 Å². The number of hydrogen-bond donors (Lipinski definition) is 1. The fraction of sp³-hybridized carbons (Fsp3) is 1.00. The Morgan fingerprint density at radius 1 is 1.15 bits per heavy atom. The molecular weight excluding hydrogens is 162 g/mol. The summed E-state index contributed by atoms with van der Waals surface area (Å²) >= 11 is 0. The molecule has 0 heterocycles. The summed E-state index contributed by atoms with van der Waals surface area (Å²) in [6.45, 7) is 10.6. The first kappa shape index (κ1) is 12.9. The van der Waals surface area contributed by atoms with E-state index in [1.807, 2.05) is 0 Å². The van der Waals surface area contributed by atoms with Gasteiger partial charge in [-0.05, 0) is 33.7 Å². The van der Waals surface area contributed by atoms with Crippen molar-refractivity contribution < 1.29 is 4.74 Å². The normalized spacial score (nSPS) is 13.6. The van der Waals surface area contributed by atoms with Gasteiger partial charge in [-0.1, -0.05) is 19.8 Å². The highest BCUT2D eigenvalue weighted by Gasteiger charge is 2.02. The van der Waals surface area contributed by atoms with Gasteiger partial charge in [-0.25, -0.2) is 0 Å². The Morgan fingerprint density at radius 3 is 2.38 bits per heavy atom. The standard InChI is InChI=1S/C11H25NO/c1-5-6-7-8-12-9-11(4)13-10(2)3/h10-12H,5-9H2,1-4H3. The Bertz CT molecular complexity index is 104. The highest BCUT2D eigenvalue weighted by molar-refractivity contribution is 4.56. The summed E-state index contributed by atoms with van der Waals surface area (Å²) in [4.78, 5) is 0. The summed E-state index contributed by atoms with van der Waals surface area (Å²) in [6.07, 6.45) is 4.57. The Hall–Kier alpha value is -0.0800. The van der Waals surface area contributed by atoms with E-state index in [1.165, 1.54) is 19.3 Å². The number of hydrogen-bond acceptors (Lipinski definition) is 2. The van der Waals surface area contributed by atoms with Crippen molar-refractivity contribution in [3.8, 4) is 0 Å². The second-order valence-electron chi connectivity index (χ2n) is 3.91. The lowest BCUT2D eigenvalue weighted by Gasteiger charge is -2.16. The van der Waals surface area contributed by atoms with Gasteiger partial charge in [-0.2, -0.15) is 0 Å². The van der Waals surface area contributed by atoms with E-state index >= 15 is 0 Å². The molecule has 0 aliphatic carbocycles. The van der Waals surface area contributed by atoms with Crippen molar-refractivity contribution in [1.82, 2.24) is 5.32 Å². The minimum Gasteiger partial charge on any atom is -0.375 e. The van der Waals surface area contributed by atoms with Crippen LogP contribution >= 0.6 is 0 Å². The van der Waals surface area contributed by atoms with Crippen molar-refractivity contribution in [1.29, 1.82) is 0 Å². The quantitative estimate of drug-likeness (QED) is 0.590. The molecule has 0 rings (SSSR count). The lowest BCUT2D eigenvalue weighted by molar-refractivity contribution is 0.0196. The fourth-order valence-electron chi connectivity index (χ4n) is 1.32. The molecular formula is C11H25NO. The summed E-state index contributed by atoms with van der Waals surface area (Å²) in [5, 5.41) is 3.40. The molecule has 0 bridgehead atoms. The highest BCUT2D eigenvalue weighted by atomic mass is 16.5. The van der Waals surface area contributed by atoms with Crippen LogP contribution in [0.25, 0.3) is 0 Å². The van der Waals surface area contributed by atoms with Gasteiger partial charge in [-0.15, -0.1) is 0 Å². The summed E-state index contributed by atoms with van der Waals surface area (Å²) in [6, 6.07) is 0. The molecule has 13 heavy (non-hydrogen) atoms. The van der Waals surface area contributed by atoms with Gasteiger partial charge in [0.25, 0.3) is 0 Å². The molecule has 0 aromatic rings. The highest BCUT2D eigenvalue weighted by Crippen LogP contribution is 1.96. The monoisotopic (exact) mass is 187 g/mol. The Morgan fingerprint density at radius 2 is 1.85 bits per heavy atom. The molecule has 0 saturated carbocycles.